The molecule has 2 heteroatoms. The molecule has 90 valence electrons. The molecular formula is C13H26O2. The van der Waals surface area contributed by atoms with Crippen molar-refractivity contribution in [1.82, 2.24) is 0 Å². The van der Waals surface area contributed by atoms with E-state index in [0.717, 1.165) is 18.8 Å². The molecule has 0 aromatic heterocycles. The highest BCUT2D eigenvalue weighted by Gasteiger charge is 2.13. The molecule has 0 saturated heterocycles. The van der Waals surface area contributed by atoms with Gasteiger partial charge in [0.2, 0.25) is 0 Å². The summed E-state index contributed by atoms with van der Waals surface area (Å²) in [4.78, 5) is 11.1. The van der Waals surface area contributed by atoms with Crippen molar-refractivity contribution >= 4 is 5.97 Å². The SMILES string of the molecule is CCC(=O)OC(CC)CCC(CC)CC. The maximum atomic E-state index is 11.1. The Balaban J connectivity index is 3.83. The predicted molar refractivity (Wildman–Crippen MR) is 63.8 cm³/mol. The van der Waals surface area contributed by atoms with Gasteiger partial charge in [0, 0.05) is 6.42 Å². The van der Waals surface area contributed by atoms with Gasteiger partial charge in [0.1, 0.15) is 6.10 Å². The largest absolute Gasteiger partial charge is 0.462 e. The Kier molecular flexibility index (Phi) is 8.44. The van der Waals surface area contributed by atoms with E-state index in [-0.39, 0.29) is 12.1 Å². The lowest BCUT2D eigenvalue weighted by Gasteiger charge is -2.18. The third-order valence-corrected chi connectivity index (χ3v) is 3.09. The highest BCUT2D eigenvalue weighted by atomic mass is 16.5. The molecule has 0 amide bonds. The Morgan fingerprint density at radius 3 is 2.00 bits per heavy atom. The van der Waals surface area contributed by atoms with Crippen molar-refractivity contribution < 1.29 is 9.53 Å². The van der Waals surface area contributed by atoms with Crippen LogP contribution in [0.25, 0.3) is 0 Å². The van der Waals surface area contributed by atoms with Crippen LogP contribution in [0.2, 0.25) is 0 Å². The van der Waals surface area contributed by atoms with Gasteiger partial charge in [-0.25, -0.2) is 0 Å². The van der Waals surface area contributed by atoms with Crippen molar-refractivity contribution in [3.63, 3.8) is 0 Å². The zero-order valence-electron chi connectivity index (χ0n) is 10.7. The molecule has 0 radical (unpaired) electrons. The average Bonchev–Trinajstić information content (AvgIpc) is 2.28. The molecule has 0 aliphatic rings. The van der Waals surface area contributed by atoms with Gasteiger partial charge in [-0.15, -0.1) is 0 Å². The Bertz CT molecular complexity index is 162. The molecular weight excluding hydrogens is 188 g/mol. The van der Waals surface area contributed by atoms with Crippen molar-refractivity contribution in [1.29, 1.82) is 0 Å². The molecule has 0 saturated carbocycles. The number of carbonyl (C=O) groups excluding carboxylic acids is 1. The van der Waals surface area contributed by atoms with Crippen molar-refractivity contribution in [2.45, 2.75) is 72.3 Å². The molecule has 1 unspecified atom stereocenters. The molecule has 0 N–H and O–H groups in total. The van der Waals surface area contributed by atoms with Crippen LogP contribution in [0.5, 0.6) is 0 Å². The molecule has 1 atom stereocenters. The number of hydrogen-bond donors (Lipinski definition) is 0. The molecule has 0 heterocycles. The molecule has 15 heavy (non-hydrogen) atoms. The Labute approximate surface area is 94.4 Å². The quantitative estimate of drug-likeness (QED) is 0.572. The maximum absolute atomic E-state index is 11.1. The van der Waals surface area contributed by atoms with Crippen LogP contribution in [0.1, 0.15) is 66.2 Å². The van der Waals surface area contributed by atoms with Crippen LogP contribution >= 0.6 is 0 Å². The molecule has 0 aromatic rings. The second-order valence-electron chi connectivity index (χ2n) is 4.13. The zero-order valence-corrected chi connectivity index (χ0v) is 10.7. The molecule has 0 bridgehead atoms. The number of esters is 1. The van der Waals surface area contributed by atoms with Crippen LogP contribution in [0.4, 0.5) is 0 Å². The first-order valence-corrected chi connectivity index (χ1v) is 6.37. The van der Waals surface area contributed by atoms with E-state index in [1.54, 1.807) is 0 Å². The zero-order chi connectivity index (χ0) is 11.7. The topological polar surface area (TPSA) is 26.3 Å². The lowest BCUT2D eigenvalue weighted by atomic mass is 9.95. The fourth-order valence-corrected chi connectivity index (χ4v) is 1.73. The van der Waals surface area contributed by atoms with Gasteiger partial charge in [-0.2, -0.15) is 0 Å². The van der Waals surface area contributed by atoms with Crippen molar-refractivity contribution in [3.8, 4) is 0 Å². The van der Waals surface area contributed by atoms with E-state index in [1.165, 1.54) is 19.3 Å². The first-order chi connectivity index (χ1) is 7.17. The van der Waals surface area contributed by atoms with E-state index in [2.05, 4.69) is 20.8 Å². The van der Waals surface area contributed by atoms with Crippen molar-refractivity contribution in [2.75, 3.05) is 0 Å². The van der Waals surface area contributed by atoms with Crippen molar-refractivity contribution in [3.05, 3.63) is 0 Å². The molecule has 0 aliphatic heterocycles. The maximum Gasteiger partial charge on any atom is 0.305 e. The van der Waals surface area contributed by atoms with Crippen molar-refractivity contribution in [2.24, 2.45) is 5.92 Å². The summed E-state index contributed by atoms with van der Waals surface area (Å²) in [6.45, 7) is 8.39. The Morgan fingerprint density at radius 2 is 1.60 bits per heavy atom. The Morgan fingerprint density at radius 1 is 1.00 bits per heavy atom. The summed E-state index contributed by atoms with van der Waals surface area (Å²) < 4.78 is 5.35. The van der Waals surface area contributed by atoms with Crippen LogP contribution < -0.4 is 0 Å². The van der Waals surface area contributed by atoms with Gasteiger partial charge in [-0.05, 0) is 25.2 Å². The van der Waals surface area contributed by atoms with Gasteiger partial charge in [0.15, 0.2) is 0 Å². The van der Waals surface area contributed by atoms with Crippen LogP contribution in [-0.4, -0.2) is 12.1 Å². The van der Waals surface area contributed by atoms with E-state index in [9.17, 15) is 4.79 Å². The summed E-state index contributed by atoms with van der Waals surface area (Å²) in [7, 11) is 0. The van der Waals surface area contributed by atoms with Gasteiger partial charge in [-0.3, -0.25) is 4.79 Å². The summed E-state index contributed by atoms with van der Waals surface area (Å²) in [6, 6.07) is 0. The van der Waals surface area contributed by atoms with E-state index in [0.29, 0.717) is 6.42 Å². The van der Waals surface area contributed by atoms with Gasteiger partial charge < -0.3 is 4.74 Å². The fourth-order valence-electron chi connectivity index (χ4n) is 1.73. The standard InChI is InChI=1S/C13H26O2/c1-5-11(6-2)9-10-12(7-3)15-13(14)8-4/h11-12H,5-10H2,1-4H3. The highest BCUT2D eigenvalue weighted by Crippen LogP contribution is 2.18. The second-order valence-corrected chi connectivity index (χ2v) is 4.13. The van der Waals surface area contributed by atoms with Crippen LogP contribution in [0, 0.1) is 5.92 Å². The summed E-state index contributed by atoms with van der Waals surface area (Å²) in [5.74, 6) is 0.728. The smallest absolute Gasteiger partial charge is 0.305 e. The minimum atomic E-state index is -0.0635. The first kappa shape index (κ1) is 14.5. The van der Waals surface area contributed by atoms with Gasteiger partial charge in [0.25, 0.3) is 0 Å². The van der Waals surface area contributed by atoms with E-state index in [1.807, 2.05) is 6.92 Å². The number of ether oxygens (including phenoxy) is 1. The molecule has 0 rings (SSSR count). The van der Waals surface area contributed by atoms with Gasteiger partial charge >= 0.3 is 5.97 Å². The molecule has 0 fully saturated rings. The third-order valence-electron chi connectivity index (χ3n) is 3.09. The minimum Gasteiger partial charge on any atom is -0.462 e. The van der Waals surface area contributed by atoms with Crippen LogP contribution in [0.15, 0.2) is 0 Å². The average molecular weight is 214 g/mol. The lowest BCUT2D eigenvalue weighted by molar-refractivity contribution is -0.149. The van der Waals surface area contributed by atoms with E-state index >= 15 is 0 Å². The monoisotopic (exact) mass is 214 g/mol. The van der Waals surface area contributed by atoms with Gasteiger partial charge in [0.05, 0.1) is 0 Å². The van der Waals surface area contributed by atoms with E-state index in [4.69, 9.17) is 4.74 Å². The lowest BCUT2D eigenvalue weighted by Crippen LogP contribution is -2.17. The molecule has 2 nitrogen and oxygen atoms in total. The van der Waals surface area contributed by atoms with E-state index < -0.39 is 0 Å². The summed E-state index contributed by atoms with van der Waals surface area (Å²) in [5, 5.41) is 0. The number of carbonyl (C=O) groups is 1. The van der Waals surface area contributed by atoms with Crippen LogP contribution in [0.3, 0.4) is 0 Å². The third kappa shape index (κ3) is 6.53. The second kappa shape index (κ2) is 8.75. The molecule has 0 aromatic carbocycles. The number of hydrogen-bond acceptors (Lipinski definition) is 2. The fraction of sp³-hybridized carbons (Fsp3) is 0.923. The normalized spacial score (nSPS) is 12.9. The predicted octanol–water partition coefficient (Wildman–Crippen LogP) is 3.93. The summed E-state index contributed by atoms with van der Waals surface area (Å²) >= 11 is 0. The molecule has 0 aliphatic carbocycles. The first-order valence-electron chi connectivity index (χ1n) is 6.37. The minimum absolute atomic E-state index is 0.0635. The molecule has 0 spiro atoms. The summed E-state index contributed by atoms with van der Waals surface area (Å²) in [5.41, 5.74) is 0. The van der Waals surface area contributed by atoms with Crippen LogP contribution in [-0.2, 0) is 9.53 Å². The summed E-state index contributed by atoms with van der Waals surface area (Å²) in [6.07, 6.45) is 6.23. The highest BCUT2D eigenvalue weighted by molar-refractivity contribution is 5.69. The Hall–Kier alpha value is -0.530. The van der Waals surface area contributed by atoms with Gasteiger partial charge in [-0.1, -0.05) is 40.5 Å². The number of rotatable bonds is 8.